The number of hydrogen-bond acceptors (Lipinski definition) is 4. The van der Waals surface area contributed by atoms with E-state index in [9.17, 15) is 9.90 Å². The summed E-state index contributed by atoms with van der Waals surface area (Å²) in [6.45, 7) is 2.05. The van der Waals surface area contributed by atoms with Crippen molar-refractivity contribution in [3.8, 4) is 11.8 Å². The third-order valence-electron chi connectivity index (χ3n) is 2.70. The molecule has 0 fully saturated rings. The number of nitrogens with one attached hydrogen (secondary N) is 1. The Morgan fingerprint density at radius 3 is 2.75 bits per heavy atom. The number of benzene rings is 1. The molecular weight excluding hydrogens is 256 g/mol. The van der Waals surface area contributed by atoms with Gasteiger partial charge in [0.1, 0.15) is 5.75 Å². The number of aliphatic hydroxyl groups excluding tert-OH is 1. The molecule has 1 aromatic carbocycles. The lowest BCUT2D eigenvalue weighted by Gasteiger charge is -2.08. The summed E-state index contributed by atoms with van der Waals surface area (Å²) < 4.78 is 5.33. The van der Waals surface area contributed by atoms with E-state index in [0.29, 0.717) is 18.7 Å². The third kappa shape index (κ3) is 6.76. The van der Waals surface area contributed by atoms with Crippen LogP contribution in [0.1, 0.15) is 25.3 Å². The van der Waals surface area contributed by atoms with Crippen LogP contribution in [0.5, 0.6) is 5.75 Å². The topological polar surface area (TPSA) is 82.3 Å². The van der Waals surface area contributed by atoms with Crippen LogP contribution in [0.2, 0.25) is 0 Å². The van der Waals surface area contributed by atoms with Gasteiger partial charge in [0.25, 0.3) is 5.91 Å². The van der Waals surface area contributed by atoms with E-state index >= 15 is 0 Å². The predicted molar refractivity (Wildman–Crippen MR) is 75.2 cm³/mol. The minimum Gasteiger partial charge on any atom is -0.484 e. The van der Waals surface area contributed by atoms with Gasteiger partial charge in [0.2, 0.25) is 0 Å². The number of hydrogen-bond donors (Lipinski definition) is 2. The molecule has 1 aromatic rings. The van der Waals surface area contributed by atoms with E-state index in [1.165, 1.54) is 0 Å². The molecule has 1 unspecified atom stereocenters. The van der Waals surface area contributed by atoms with Gasteiger partial charge in [-0.05, 0) is 37.5 Å². The quantitative estimate of drug-likeness (QED) is 0.703. The summed E-state index contributed by atoms with van der Waals surface area (Å²) in [6, 6.07) is 9.40. The first-order valence-corrected chi connectivity index (χ1v) is 6.65. The van der Waals surface area contributed by atoms with E-state index < -0.39 is 0 Å². The van der Waals surface area contributed by atoms with Crippen molar-refractivity contribution in [3.63, 3.8) is 0 Å². The Morgan fingerprint density at radius 2 is 2.15 bits per heavy atom. The zero-order valence-electron chi connectivity index (χ0n) is 11.6. The molecule has 2 N–H and O–H groups in total. The second-order valence-electron chi connectivity index (χ2n) is 4.58. The number of aliphatic hydroxyl groups is 1. The Balaban J connectivity index is 2.31. The van der Waals surface area contributed by atoms with Crippen LogP contribution in [0, 0.1) is 11.3 Å². The van der Waals surface area contributed by atoms with Crippen LogP contribution >= 0.6 is 0 Å². The monoisotopic (exact) mass is 276 g/mol. The molecule has 20 heavy (non-hydrogen) atoms. The fourth-order valence-corrected chi connectivity index (χ4v) is 1.59. The summed E-state index contributed by atoms with van der Waals surface area (Å²) in [7, 11) is 0. The van der Waals surface area contributed by atoms with Gasteiger partial charge in [-0.25, -0.2) is 0 Å². The lowest BCUT2D eigenvalue weighted by Crippen LogP contribution is -2.29. The fourth-order valence-electron chi connectivity index (χ4n) is 1.59. The zero-order valence-corrected chi connectivity index (χ0v) is 11.6. The van der Waals surface area contributed by atoms with Crippen molar-refractivity contribution in [2.24, 2.45) is 0 Å². The first-order chi connectivity index (χ1) is 9.61. The molecule has 0 aromatic heterocycles. The van der Waals surface area contributed by atoms with Gasteiger partial charge >= 0.3 is 0 Å². The maximum absolute atomic E-state index is 11.4. The molecule has 0 radical (unpaired) electrons. The molecule has 1 rings (SSSR count). The van der Waals surface area contributed by atoms with E-state index in [4.69, 9.17) is 10.00 Å². The molecule has 5 nitrogen and oxygen atoms in total. The Labute approximate surface area is 119 Å². The van der Waals surface area contributed by atoms with Crippen LogP contribution in [0.3, 0.4) is 0 Å². The van der Waals surface area contributed by atoms with E-state index in [1.54, 1.807) is 19.1 Å². The van der Waals surface area contributed by atoms with Crippen molar-refractivity contribution in [3.05, 3.63) is 29.8 Å². The van der Waals surface area contributed by atoms with Gasteiger partial charge in [0, 0.05) is 6.54 Å². The average molecular weight is 276 g/mol. The Morgan fingerprint density at radius 1 is 1.45 bits per heavy atom. The zero-order chi connectivity index (χ0) is 14.8. The minimum atomic E-state index is -0.303. The highest BCUT2D eigenvalue weighted by molar-refractivity contribution is 5.77. The highest BCUT2D eigenvalue weighted by Gasteiger charge is 2.03. The first kappa shape index (κ1) is 16.0. The van der Waals surface area contributed by atoms with Gasteiger partial charge in [0.15, 0.2) is 6.61 Å². The molecular formula is C15H20N2O3. The van der Waals surface area contributed by atoms with Crippen LogP contribution < -0.4 is 10.1 Å². The molecule has 0 heterocycles. The summed E-state index contributed by atoms with van der Waals surface area (Å²) in [5, 5.41) is 20.1. The van der Waals surface area contributed by atoms with Crippen LogP contribution in [0.15, 0.2) is 24.3 Å². The van der Waals surface area contributed by atoms with Gasteiger partial charge in [-0.2, -0.15) is 5.26 Å². The number of aryl methyl sites for hydroxylation is 1. The van der Waals surface area contributed by atoms with Crippen molar-refractivity contribution < 1.29 is 14.6 Å². The molecule has 108 valence electrons. The summed E-state index contributed by atoms with van der Waals surface area (Å²) in [4.78, 5) is 11.4. The van der Waals surface area contributed by atoms with Crippen LogP contribution in [-0.2, 0) is 11.2 Å². The minimum absolute atomic E-state index is 0.0571. The maximum atomic E-state index is 11.4. The van der Waals surface area contributed by atoms with Crippen molar-refractivity contribution in [1.82, 2.24) is 5.32 Å². The van der Waals surface area contributed by atoms with E-state index in [-0.39, 0.29) is 18.6 Å². The summed E-state index contributed by atoms with van der Waals surface area (Å²) >= 11 is 0. The molecule has 5 heteroatoms. The SMILES string of the molecule is CC(O)CCc1ccc(OCC(=O)NCCC#N)cc1. The molecule has 0 aliphatic carbocycles. The molecule has 0 saturated carbocycles. The van der Waals surface area contributed by atoms with Crippen molar-refractivity contribution in [1.29, 1.82) is 5.26 Å². The summed E-state index contributed by atoms with van der Waals surface area (Å²) in [5.41, 5.74) is 1.12. The Bertz CT molecular complexity index is 449. The average Bonchev–Trinajstić information content (AvgIpc) is 2.44. The van der Waals surface area contributed by atoms with Crippen molar-refractivity contribution >= 4 is 5.91 Å². The number of amides is 1. The Hall–Kier alpha value is -2.06. The number of rotatable bonds is 8. The summed E-state index contributed by atoms with van der Waals surface area (Å²) in [5.74, 6) is 0.389. The number of ether oxygens (including phenoxy) is 1. The van der Waals surface area contributed by atoms with E-state index in [1.807, 2.05) is 18.2 Å². The molecule has 0 aliphatic heterocycles. The third-order valence-corrected chi connectivity index (χ3v) is 2.70. The van der Waals surface area contributed by atoms with E-state index in [2.05, 4.69) is 5.32 Å². The number of nitriles is 1. The second-order valence-corrected chi connectivity index (χ2v) is 4.58. The smallest absolute Gasteiger partial charge is 0.257 e. The van der Waals surface area contributed by atoms with Gasteiger partial charge in [-0.1, -0.05) is 12.1 Å². The molecule has 0 spiro atoms. The number of carbonyl (C=O) groups is 1. The van der Waals surface area contributed by atoms with Gasteiger partial charge < -0.3 is 15.2 Å². The normalized spacial score (nSPS) is 11.4. The lowest BCUT2D eigenvalue weighted by atomic mass is 10.1. The van der Waals surface area contributed by atoms with Crippen LogP contribution in [-0.4, -0.2) is 30.3 Å². The first-order valence-electron chi connectivity index (χ1n) is 6.65. The van der Waals surface area contributed by atoms with E-state index in [0.717, 1.165) is 18.4 Å². The molecule has 0 bridgehead atoms. The standard InChI is InChI=1S/C15H20N2O3/c1-12(18)3-4-13-5-7-14(8-6-13)20-11-15(19)17-10-2-9-16/h5-8,12,18H,2-4,10-11H2,1H3,(H,17,19). The van der Waals surface area contributed by atoms with Gasteiger partial charge in [-0.15, -0.1) is 0 Å². The highest BCUT2D eigenvalue weighted by atomic mass is 16.5. The Kier molecular flexibility index (Phi) is 7.15. The van der Waals surface area contributed by atoms with Crippen molar-refractivity contribution in [2.45, 2.75) is 32.3 Å². The van der Waals surface area contributed by atoms with Crippen LogP contribution in [0.4, 0.5) is 0 Å². The fraction of sp³-hybridized carbons (Fsp3) is 0.467. The molecule has 1 atom stereocenters. The van der Waals surface area contributed by atoms with Crippen LogP contribution in [0.25, 0.3) is 0 Å². The predicted octanol–water partition coefficient (Wildman–Crippen LogP) is 1.41. The second kappa shape index (κ2) is 8.94. The number of carbonyl (C=O) groups excluding carboxylic acids is 1. The highest BCUT2D eigenvalue weighted by Crippen LogP contribution is 2.13. The maximum Gasteiger partial charge on any atom is 0.257 e. The lowest BCUT2D eigenvalue weighted by molar-refractivity contribution is -0.123. The van der Waals surface area contributed by atoms with Gasteiger partial charge in [-0.3, -0.25) is 4.79 Å². The largest absolute Gasteiger partial charge is 0.484 e. The van der Waals surface area contributed by atoms with Crippen molar-refractivity contribution in [2.75, 3.05) is 13.2 Å². The molecule has 0 saturated heterocycles. The molecule has 1 amide bonds. The number of nitrogens with zero attached hydrogens (tertiary/aromatic N) is 1. The summed E-state index contributed by atoms with van der Waals surface area (Å²) in [6.07, 6.45) is 1.53. The van der Waals surface area contributed by atoms with Gasteiger partial charge in [0.05, 0.1) is 18.6 Å². The molecule has 0 aliphatic rings.